The van der Waals surface area contributed by atoms with E-state index in [1.165, 1.54) is 0 Å². The number of rotatable bonds is 7. The molecule has 0 saturated carbocycles. The molecule has 0 aromatic heterocycles. The average Bonchev–Trinajstić information content (AvgIpc) is 2.42. The van der Waals surface area contributed by atoms with Crippen molar-refractivity contribution in [1.82, 2.24) is 0 Å². The molecule has 104 valence electrons. The molecule has 0 fully saturated rings. The molecule has 0 bridgehead atoms. The minimum Gasteiger partial charge on any atom is -0.465 e. The molecule has 2 N–H and O–H groups in total. The van der Waals surface area contributed by atoms with Crippen LogP contribution in [-0.4, -0.2) is 24.6 Å². The molecule has 0 saturated heterocycles. The Bertz CT molecular complexity index is 403. The molecule has 5 heteroatoms. The quantitative estimate of drug-likeness (QED) is 0.595. The van der Waals surface area contributed by atoms with E-state index in [1.807, 2.05) is 30.3 Å². The average molecular weight is 265 g/mol. The van der Waals surface area contributed by atoms with E-state index in [1.54, 1.807) is 6.92 Å². The highest BCUT2D eigenvalue weighted by Crippen LogP contribution is 2.03. The van der Waals surface area contributed by atoms with Gasteiger partial charge in [-0.1, -0.05) is 30.3 Å². The first kappa shape index (κ1) is 15.2. The number of nitrogens with two attached hydrogens (primary N) is 1. The Morgan fingerprint density at radius 1 is 1.21 bits per heavy atom. The van der Waals surface area contributed by atoms with Gasteiger partial charge in [0.05, 0.1) is 6.61 Å². The molecule has 0 heterocycles. The van der Waals surface area contributed by atoms with Crippen molar-refractivity contribution in [3.8, 4) is 0 Å². The van der Waals surface area contributed by atoms with Gasteiger partial charge in [0.25, 0.3) is 0 Å². The normalized spacial score (nSPS) is 11.7. The maximum Gasteiger partial charge on any atom is 0.322 e. The number of esters is 2. The summed E-state index contributed by atoms with van der Waals surface area (Å²) >= 11 is 0. The highest BCUT2D eigenvalue weighted by atomic mass is 16.5. The van der Waals surface area contributed by atoms with Gasteiger partial charge in [0.2, 0.25) is 0 Å². The fourth-order valence-electron chi connectivity index (χ4n) is 1.33. The summed E-state index contributed by atoms with van der Waals surface area (Å²) in [6.45, 7) is 2.00. The van der Waals surface area contributed by atoms with Crippen molar-refractivity contribution in [1.29, 1.82) is 0 Å². The van der Waals surface area contributed by atoms with Crippen LogP contribution in [-0.2, 0) is 25.7 Å². The summed E-state index contributed by atoms with van der Waals surface area (Å²) in [6, 6.07) is 8.81. The van der Waals surface area contributed by atoms with Crippen LogP contribution in [0.2, 0.25) is 0 Å². The Balaban J connectivity index is 2.10. The van der Waals surface area contributed by atoms with Gasteiger partial charge < -0.3 is 15.2 Å². The first-order valence-electron chi connectivity index (χ1n) is 6.21. The predicted molar refractivity (Wildman–Crippen MR) is 70.1 cm³/mol. The smallest absolute Gasteiger partial charge is 0.322 e. The SMILES string of the molecule is C[C@H](N)C(=O)OCCCC(=O)OCc1ccccc1. The Morgan fingerprint density at radius 3 is 2.53 bits per heavy atom. The zero-order chi connectivity index (χ0) is 14.1. The summed E-state index contributed by atoms with van der Waals surface area (Å²) in [6.07, 6.45) is 0.658. The topological polar surface area (TPSA) is 78.6 Å². The molecule has 1 atom stereocenters. The molecule has 0 radical (unpaired) electrons. The van der Waals surface area contributed by atoms with Crippen molar-refractivity contribution < 1.29 is 19.1 Å². The third-order valence-electron chi connectivity index (χ3n) is 2.38. The Kier molecular flexibility index (Phi) is 6.60. The van der Waals surface area contributed by atoms with Gasteiger partial charge in [-0.3, -0.25) is 9.59 Å². The predicted octanol–water partition coefficient (Wildman–Crippen LogP) is 1.40. The van der Waals surface area contributed by atoms with Crippen LogP contribution in [0, 0.1) is 0 Å². The van der Waals surface area contributed by atoms with Crippen LogP contribution in [0.25, 0.3) is 0 Å². The Labute approximate surface area is 112 Å². The molecule has 1 rings (SSSR count). The third-order valence-corrected chi connectivity index (χ3v) is 2.38. The van der Waals surface area contributed by atoms with E-state index in [0.29, 0.717) is 6.42 Å². The summed E-state index contributed by atoms with van der Waals surface area (Å²) < 4.78 is 9.92. The van der Waals surface area contributed by atoms with Gasteiger partial charge in [-0.25, -0.2) is 0 Å². The van der Waals surface area contributed by atoms with Gasteiger partial charge >= 0.3 is 11.9 Å². The van der Waals surface area contributed by atoms with Crippen molar-refractivity contribution in [2.24, 2.45) is 5.73 Å². The highest BCUT2D eigenvalue weighted by molar-refractivity contribution is 5.75. The maximum atomic E-state index is 11.4. The molecule has 5 nitrogen and oxygen atoms in total. The summed E-state index contributed by atoms with van der Waals surface area (Å²) in [5, 5.41) is 0. The van der Waals surface area contributed by atoms with Crippen LogP contribution in [0.15, 0.2) is 30.3 Å². The molecule has 0 aliphatic heterocycles. The first-order valence-corrected chi connectivity index (χ1v) is 6.21. The standard InChI is InChI=1S/C14H19NO4/c1-11(15)14(17)18-9-5-8-13(16)19-10-12-6-3-2-4-7-12/h2-4,6-7,11H,5,8-10,15H2,1H3/t11-/m0/s1. The molecule has 0 aliphatic carbocycles. The monoisotopic (exact) mass is 265 g/mol. The van der Waals surface area contributed by atoms with Gasteiger partial charge in [0.15, 0.2) is 0 Å². The van der Waals surface area contributed by atoms with Gasteiger partial charge in [0.1, 0.15) is 12.6 Å². The molecular weight excluding hydrogens is 246 g/mol. The minimum atomic E-state index is -0.634. The largest absolute Gasteiger partial charge is 0.465 e. The molecule has 1 aromatic rings. The molecular formula is C14H19NO4. The van der Waals surface area contributed by atoms with Crippen LogP contribution >= 0.6 is 0 Å². The lowest BCUT2D eigenvalue weighted by atomic mass is 10.2. The van der Waals surface area contributed by atoms with E-state index in [9.17, 15) is 9.59 Å². The summed E-state index contributed by atoms with van der Waals surface area (Å²) in [4.78, 5) is 22.4. The van der Waals surface area contributed by atoms with E-state index < -0.39 is 12.0 Å². The molecule has 1 aromatic carbocycles. The second-order valence-corrected chi connectivity index (χ2v) is 4.21. The van der Waals surface area contributed by atoms with Crippen molar-refractivity contribution in [2.75, 3.05) is 6.61 Å². The fraction of sp³-hybridized carbons (Fsp3) is 0.429. The number of hydrogen-bond acceptors (Lipinski definition) is 5. The van der Waals surface area contributed by atoms with Crippen molar-refractivity contribution in [3.63, 3.8) is 0 Å². The van der Waals surface area contributed by atoms with Crippen molar-refractivity contribution in [2.45, 2.75) is 32.4 Å². The maximum absolute atomic E-state index is 11.4. The lowest BCUT2D eigenvalue weighted by molar-refractivity contribution is -0.148. The summed E-state index contributed by atoms with van der Waals surface area (Å²) in [7, 11) is 0. The van der Waals surface area contributed by atoms with Gasteiger partial charge in [-0.05, 0) is 18.9 Å². The van der Waals surface area contributed by atoms with Gasteiger partial charge in [-0.15, -0.1) is 0 Å². The highest BCUT2D eigenvalue weighted by Gasteiger charge is 2.09. The molecule has 19 heavy (non-hydrogen) atoms. The third kappa shape index (κ3) is 6.57. The van der Waals surface area contributed by atoms with E-state index in [0.717, 1.165) is 5.56 Å². The van der Waals surface area contributed by atoms with Crippen LogP contribution < -0.4 is 5.73 Å². The number of carbonyl (C=O) groups is 2. The lowest BCUT2D eigenvalue weighted by Gasteiger charge is -2.07. The second-order valence-electron chi connectivity index (χ2n) is 4.21. The van der Waals surface area contributed by atoms with Crippen LogP contribution in [0.5, 0.6) is 0 Å². The number of hydrogen-bond donors (Lipinski definition) is 1. The molecule has 0 unspecified atom stereocenters. The first-order chi connectivity index (χ1) is 9.09. The summed E-state index contributed by atoms with van der Waals surface area (Å²) in [5.74, 6) is -0.765. The molecule has 0 aliphatic rings. The lowest BCUT2D eigenvalue weighted by Crippen LogP contribution is -2.29. The van der Waals surface area contributed by atoms with Crippen molar-refractivity contribution >= 4 is 11.9 Å². The Morgan fingerprint density at radius 2 is 1.89 bits per heavy atom. The van der Waals surface area contributed by atoms with Crippen molar-refractivity contribution in [3.05, 3.63) is 35.9 Å². The van der Waals surface area contributed by atoms with Gasteiger partial charge in [-0.2, -0.15) is 0 Å². The van der Waals surface area contributed by atoms with Crippen LogP contribution in [0.4, 0.5) is 0 Å². The van der Waals surface area contributed by atoms with E-state index >= 15 is 0 Å². The number of benzene rings is 1. The number of carbonyl (C=O) groups excluding carboxylic acids is 2. The summed E-state index contributed by atoms with van der Waals surface area (Å²) in [5.41, 5.74) is 6.27. The molecule has 0 spiro atoms. The molecule has 0 amide bonds. The van der Waals surface area contributed by atoms with E-state index in [4.69, 9.17) is 15.2 Å². The van der Waals surface area contributed by atoms with E-state index in [-0.39, 0.29) is 25.6 Å². The Hall–Kier alpha value is -1.88. The van der Waals surface area contributed by atoms with Gasteiger partial charge in [0, 0.05) is 6.42 Å². The number of ether oxygens (including phenoxy) is 2. The van der Waals surface area contributed by atoms with E-state index in [2.05, 4.69) is 0 Å². The second kappa shape index (κ2) is 8.26. The fourth-order valence-corrected chi connectivity index (χ4v) is 1.33. The van der Waals surface area contributed by atoms with Crippen LogP contribution in [0.3, 0.4) is 0 Å². The zero-order valence-corrected chi connectivity index (χ0v) is 11.0. The zero-order valence-electron chi connectivity index (χ0n) is 11.0. The minimum absolute atomic E-state index is 0.181. The van der Waals surface area contributed by atoms with Crippen LogP contribution in [0.1, 0.15) is 25.3 Å².